The van der Waals surface area contributed by atoms with Crippen molar-refractivity contribution in [3.63, 3.8) is 0 Å². The molecule has 0 aromatic rings. The highest BCUT2D eigenvalue weighted by Crippen LogP contribution is 2.70. The summed E-state index contributed by atoms with van der Waals surface area (Å²) in [5.74, 6) is 3.24. The molecule has 4 aliphatic carbocycles. The summed E-state index contributed by atoms with van der Waals surface area (Å²) in [6, 6.07) is 0. The molecule has 0 N–H and O–H groups in total. The predicted octanol–water partition coefficient (Wildman–Crippen LogP) is 2.56. The van der Waals surface area contributed by atoms with E-state index in [4.69, 9.17) is 4.74 Å². The predicted molar refractivity (Wildman–Crippen MR) is 68.8 cm³/mol. The summed E-state index contributed by atoms with van der Waals surface area (Å²) in [7, 11) is 0. The van der Waals surface area contributed by atoms with E-state index < -0.39 is 11.4 Å². The second-order valence-electron chi connectivity index (χ2n) is 7.21. The van der Waals surface area contributed by atoms with Gasteiger partial charge in [-0.05, 0) is 61.7 Å². The van der Waals surface area contributed by atoms with E-state index >= 15 is 0 Å². The lowest BCUT2D eigenvalue weighted by Crippen LogP contribution is -2.43. The molecule has 4 aliphatic rings. The lowest BCUT2D eigenvalue weighted by molar-refractivity contribution is -0.169. The zero-order valence-corrected chi connectivity index (χ0v) is 11.5. The van der Waals surface area contributed by atoms with Crippen molar-refractivity contribution in [1.82, 2.24) is 0 Å². The Morgan fingerprint density at radius 2 is 1.84 bits per heavy atom. The van der Waals surface area contributed by atoms with Crippen LogP contribution in [-0.2, 0) is 14.3 Å². The summed E-state index contributed by atoms with van der Waals surface area (Å²) in [6.07, 6.45) is 8.14. The van der Waals surface area contributed by atoms with Crippen LogP contribution in [0.4, 0.5) is 0 Å². The van der Waals surface area contributed by atoms with Crippen LogP contribution in [0.25, 0.3) is 0 Å². The third-order valence-corrected chi connectivity index (χ3v) is 6.36. The first kappa shape index (κ1) is 11.7. The van der Waals surface area contributed by atoms with Gasteiger partial charge in [0, 0.05) is 6.92 Å². The molecule has 3 saturated carbocycles. The van der Waals surface area contributed by atoms with E-state index in [1.165, 1.54) is 13.3 Å². The van der Waals surface area contributed by atoms with E-state index in [0.717, 1.165) is 24.7 Å². The van der Waals surface area contributed by atoms with Crippen molar-refractivity contribution < 1.29 is 14.3 Å². The molecule has 0 heterocycles. The molecule has 3 nitrogen and oxygen atoms in total. The molecule has 0 saturated heterocycles. The molecule has 0 aromatic heterocycles. The molecule has 102 valence electrons. The summed E-state index contributed by atoms with van der Waals surface area (Å²) in [4.78, 5) is 23.4. The van der Waals surface area contributed by atoms with Crippen molar-refractivity contribution in [2.24, 2.45) is 40.9 Å². The van der Waals surface area contributed by atoms with E-state index in [-0.39, 0.29) is 5.97 Å². The molecule has 4 bridgehead atoms. The summed E-state index contributed by atoms with van der Waals surface area (Å²) in [5.41, 5.74) is -0.421. The molecular formula is C16H20O3. The number of rotatable bonds is 1. The van der Waals surface area contributed by atoms with Gasteiger partial charge in [-0.1, -0.05) is 12.2 Å². The monoisotopic (exact) mass is 260 g/mol. The maximum absolute atomic E-state index is 12.3. The normalized spacial score (nSPS) is 52.5. The van der Waals surface area contributed by atoms with Crippen molar-refractivity contribution >= 4 is 11.9 Å². The molecule has 3 fully saturated rings. The fraction of sp³-hybridized carbons (Fsp3) is 0.750. The van der Waals surface area contributed by atoms with Crippen molar-refractivity contribution in [1.29, 1.82) is 0 Å². The minimum atomic E-state index is -0.474. The van der Waals surface area contributed by atoms with E-state index in [2.05, 4.69) is 12.2 Å². The number of hydrogen-bond donors (Lipinski definition) is 0. The molecule has 7 atom stereocenters. The highest BCUT2D eigenvalue weighted by molar-refractivity contribution is 5.88. The van der Waals surface area contributed by atoms with Crippen LogP contribution < -0.4 is 0 Å². The van der Waals surface area contributed by atoms with Crippen LogP contribution >= 0.6 is 0 Å². The van der Waals surface area contributed by atoms with Crippen LogP contribution in [0.5, 0.6) is 0 Å². The lowest BCUT2D eigenvalue weighted by atomic mass is 9.63. The molecule has 0 radical (unpaired) electrons. The number of allylic oxidation sites excluding steroid dienone is 2. The maximum atomic E-state index is 12.3. The quantitative estimate of drug-likeness (QED) is 0.315. The van der Waals surface area contributed by atoms with E-state index in [1.807, 2.05) is 6.92 Å². The van der Waals surface area contributed by atoms with Gasteiger partial charge in [0.1, 0.15) is 0 Å². The van der Waals surface area contributed by atoms with Crippen LogP contribution in [-0.4, -0.2) is 11.9 Å². The van der Waals surface area contributed by atoms with Crippen LogP contribution in [0, 0.1) is 40.9 Å². The molecule has 3 heteroatoms. The summed E-state index contributed by atoms with van der Waals surface area (Å²) in [5, 5.41) is 0. The smallest absolute Gasteiger partial charge is 0.319 e. The Labute approximate surface area is 113 Å². The highest BCUT2D eigenvalue weighted by Gasteiger charge is 2.67. The van der Waals surface area contributed by atoms with Gasteiger partial charge in [0.25, 0.3) is 0 Å². The van der Waals surface area contributed by atoms with E-state index in [0.29, 0.717) is 23.7 Å². The second-order valence-corrected chi connectivity index (χ2v) is 7.21. The number of hydrogen-bond acceptors (Lipinski definition) is 3. The molecule has 19 heavy (non-hydrogen) atoms. The SMILES string of the molecule is CC(=O)OC(=O)C1(C)CC2CC1C1C3C=CC(C3)C21. The van der Waals surface area contributed by atoms with Crippen molar-refractivity contribution in [3.05, 3.63) is 12.2 Å². The maximum Gasteiger partial charge on any atom is 0.319 e. The summed E-state index contributed by atoms with van der Waals surface area (Å²) < 4.78 is 4.92. The minimum Gasteiger partial charge on any atom is -0.393 e. The minimum absolute atomic E-state index is 0.280. The number of carbonyl (C=O) groups excluding carboxylic acids is 2. The molecule has 0 aliphatic heterocycles. The van der Waals surface area contributed by atoms with Crippen LogP contribution in [0.2, 0.25) is 0 Å². The summed E-state index contributed by atoms with van der Waals surface area (Å²) in [6.45, 7) is 3.34. The van der Waals surface area contributed by atoms with Gasteiger partial charge in [0.05, 0.1) is 5.41 Å². The van der Waals surface area contributed by atoms with E-state index in [9.17, 15) is 9.59 Å². The Morgan fingerprint density at radius 1 is 1.16 bits per heavy atom. The van der Waals surface area contributed by atoms with Gasteiger partial charge in [0.15, 0.2) is 0 Å². The lowest BCUT2D eigenvalue weighted by Gasteiger charge is -2.41. The Balaban J connectivity index is 1.64. The topological polar surface area (TPSA) is 43.4 Å². The Hall–Kier alpha value is -1.12. The first-order chi connectivity index (χ1) is 9.00. The van der Waals surface area contributed by atoms with Gasteiger partial charge in [-0.2, -0.15) is 0 Å². The zero-order chi connectivity index (χ0) is 13.4. The average Bonchev–Trinajstić information content (AvgIpc) is 3.04. The van der Waals surface area contributed by atoms with Crippen LogP contribution in [0.15, 0.2) is 12.2 Å². The zero-order valence-electron chi connectivity index (χ0n) is 11.5. The molecule has 0 spiro atoms. The van der Waals surface area contributed by atoms with Gasteiger partial charge in [-0.3, -0.25) is 9.59 Å². The number of carbonyl (C=O) groups is 2. The standard InChI is InChI=1S/C16H20O3/c1-8(17)19-15(18)16(2)7-11-6-12(16)14-10-4-3-9(5-10)13(11)14/h3-4,9-14H,5-7H2,1-2H3. The molecule has 7 unspecified atom stereocenters. The van der Waals surface area contributed by atoms with Gasteiger partial charge >= 0.3 is 11.9 Å². The second kappa shape index (κ2) is 3.50. The third kappa shape index (κ3) is 1.34. The first-order valence-corrected chi connectivity index (χ1v) is 7.42. The van der Waals surface area contributed by atoms with Crippen molar-refractivity contribution in [2.75, 3.05) is 0 Å². The van der Waals surface area contributed by atoms with Crippen molar-refractivity contribution in [3.8, 4) is 0 Å². The molecule has 0 amide bonds. The van der Waals surface area contributed by atoms with Gasteiger partial charge in [-0.25, -0.2) is 0 Å². The highest BCUT2D eigenvalue weighted by atomic mass is 16.6. The van der Waals surface area contributed by atoms with Gasteiger partial charge in [0.2, 0.25) is 0 Å². The number of esters is 2. The first-order valence-electron chi connectivity index (χ1n) is 7.42. The molecule has 4 rings (SSSR count). The molecular weight excluding hydrogens is 240 g/mol. The number of fused-ring (bicyclic) bond motifs is 9. The fourth-order valence-electron chi connectivity index (χ4n) is 5.85. The third-order valence-electron chi connectivity index (χ3n) is 6.36. The van der Waals surface area contributed by atoms with Crippen molar-refractivity contribution in [2.45, 2.75) is 33.1 Å². The number of ether oxygens (including phenoxy) is 1. The Bertz CT molecular complexity index is 494. The molecule has 0 aromatic carbocycles. The van der Waals surface area contributed by atoms with Crippen LogP contribution in [0.3, 0.4) is 0 Å². The Morgan fingerprint density at radius 3 is 2.53 bits per heavy atom. The fourth-order valence-corrected chi connectivity index (χ4v) is 5.85. The Kier molecular flexibility index (Phi) is 2.15. The average molecular weight is 260 g/mol. The van der Waals surface area contributed by atoms with Crippen LogP contribution in [0.1, 0.15) is 33.1 Å². The largest absolute Gasteiger partial charge is 0.393 e. The van der Waals surface area contributed by atoms with Gasteiger partial charge < -0.3 is 4.74 Å². The van der Waals surface area contributed by atoms with E-state index in [1.54, 1.807) is 0 Å². The van der Waals surface area contributed by atoms with Gasteiger partial charge in [-0.15, -0.1) is 0 Å². The summed E-state index contributed by atoms with van der Waals surface area (Å²) >= 11 is 0.